The van der Waals surface area contributed by atoms with Gasteiger partial charge in [0, 0.05) is 17.7 Å². The van der Waals surface area contributed by atoms with E-state index < -0.39 is 0 Å². The summed E-state index contributed by atoms with van der Waals surface area (Å²) in [5.74, 6) is -0.0625. The van der Waals surface area contributed by atoms with Crippen molar-refractivity contribution in [2.24, 2.45) is 0 Å². The predicted molar refractivity (Wildman–Crippen MR) is 51.9 cm³/mol. The second-order valence-corrected chi connectivity index (χ2v) is 2.95. The van der Waals surface area contributed by atoms with Crippen LogP contribution in [0, 0.1) is 6.92 Å². The summed E-state index contributed by atoms with van der Waals surface area (Å²) in [5.41, 5.74) is 6.99. The lowest BCUT2D eigenvalue weighted by atomic mass is 10.0. The number of carbonyl (C=O) groups excluding carboxylic acids is 1. The van der Waals surface area contributed by atoms with Crippen LogP contribution < -0.4 is 5.73 Å². The van der Waals surface area contributed by atoms with E-state index in [1.165, 1.54) is 0 Å². The molecule has 0 atom stereocenters. The number of Topliss-reactive ketones (excluding diaryl/α,β-unsaturated/α-hetero) is 1. The third kappa shape index (κ3) is 1.64. The predicted octanol–water partition coefficient (Wildman–Crippen LogP) is 1.88. The maximum absolute atomic E-state index is 11.3. The first-order chi connectivity index (χ1) is 6.07. The molecule has 70 valence electrons. The second-order valence-electron chi connectivity index (χ2n) is 2.95. The Kier molecular flexibility index (Phi) is 2.56. The molecule has 0 spiro atoms. The number of anilines is 1. The molecule has 0 amide bonds. The zero-order valence-corrected chi connectivity index (χ0v) is 7.79. The SMILES string of the molecule is CCC(=O)c1ccc(N)c(C)c1O. The van der Waals surface area contributed by atoms with Gasteiger partial charge >= 0.3 is 0 Å². The maximum atomic E-state index is 11.3. The second kappa shape index (κ2) is 3.47. The molecule has 0 fully saturated rings. The Labute approximate surface area is 77.2 Å². The van der Waals surface area contributed by atoms with E-state index in [-0.39, 0.29) is 11.5 Å². The highest BCUT2D eigenvalue weighted by Crippen LogP contribution is 2.27. The molecule has 0 unspecified atom stereocenters. The number of hydrogen-bond donors (Lipinski definition) is 2. The Morgan fingerprint density at radius 3 is 2.69 bits per heavy atom. The molecule has 0 saturated carbocycles. The zero-order chi connectivity index (χ0) is 10.0. The van der Waals surface area contributed by atoms with Gasteiger partial charge in [0.05, 0.1) is 5.56 Å². The van der Waals surface area contributed by atoms with Gasteiger partial charge in [-0.05, 0) is 19.1 Å². The van der Waals surface area contributed by atoms with E-state index in [0.29, 0.717) is 23.2 Å². The van der Waals surface area contributed by atoms with Gasteiger partial charge in [-0.15, -0.1) is 0 Å². The number of rotatable bonds is 2. The summed E-state index contributed by atoms with van der Waals surface area (Å²) in [4.78, 5) is 11.3. The van der Waals surface area contributed by atoms with Crippen molar-refractivity contribution in [3.05, 3.63) is 23.3 Å². The van der Waals surface area contributed by atoms with Crippen molar-refractivity contribution in [2.75, 3.05) is 5.73 Å². The van der Waals surface area contributed by atoms with Crippen LogP contribution in [0.4, 0.5) is 5.69 Å². The van der Waals surface area contributed by atoms with Crippen molar-refractivity contribution in [1.82, 2.24) is 0 Å². The van der Waals surface area contributed by atoms with Gasteiger partial charge in [0.1, 0.15) is 5.75 Å². The fourth-order valence-electron chi connectivity index (χ4n) is 1.13. The molecular weight excluding hydrogens is 166 g/mol. The highest BCUT2D eigenvalue weighted by molar-refractivity contribution is 5.99. The zero-order valence-electron chi connectivity index (χ0n) is 7.79. The monoisotopic (exact) mass is 179 g/mol. The lowest BCUT2D eigenvalue weighted by Crippen LogP contribution is -2.00. The quantitative estimate of drug-likeness (QED) is 0.538. The minimum absolute atomic E-state index is 0.00634. The molecule has 0 saturated heterocycles. The van der Waals surface area contributed by atoms with E-state index in [9.17, 15) is 9.90 Å². The number of ketones is 1. The molecular formula is C10H13NO2. The minimum atomic E-state index is -0.0689. The van der Waals surface area contributed by atoms with Gasteiger partial charge in [0.15, 0.2) is 5.78 Å². The normalized spacial score (nSPS) is 10.0. The highest BCUT2D eigenvalue weighted by Gasteiger charge is 2.12. The minimum Gasteiger partial charge on any atom is -0.507 e. The van der Waals surface area contributed by atoms with Crippen molar-refractivity contribution in [3.63, 3.8) is 0 Å². The largest absolute Gasteiger partial charge is 0.507 e. The average molecular weight is 179 g/mol. The lowest BCUT2D eigenvalue weighted by molar-refractivity contribution is 0.0985. The first-order valence-electron chi connectivity index (χ1n) is 4.19. The Hall–Kier alpha value is -1.51. The Balaban J connectivity index is 3.26. The Bertz CT molecular complexity index is 345. The van der Waals surface area contributed by atoms with Crippen molar-refractivity contribution in [2.45, 2.75) is 20.3 Å². The number of phenols is 1. The summed E-state index contributed by atoms with van der Waals surface area (Å²) in [7, 11) is 0. The maximum Gasteiger partial charge on any atom is 0.166 e. The van der Waals surface area contributed by atoms with Crippen LogP contribution in [-0.4, -0.2) is 10.9 Å². The standard InChI is InChI=1S/C10H13NO2/c1-3-9(12)7-4-5-8(11)6(2)10(7)13/h4-5,13H,3,11H2,1-2H3. The van der Waals surface area contributed by atoms with Crippen LogP contribution in [0.1, 0.15) is 29.3 Å². The first-order valence-corrected chi connectivity index (χ1v) is 4.19. The van der Waals surface area contributed by atoms with Crippen molar-refractivity contribution >= 4 is 11.5 Å². The summed E-state index contributed by atoms with van der Waals surface area (Å²) < 4.78 is 0. The van der Waals surface area contributed by atoms with Crippen LogP contribution in [0.25, 0.3) is 0 Å². The first kappa shape index (κ1) is 9.58. The van der Waals surface area contributed by atoms with Crippen LogP contribution in [0.2, 0.25) is 0 Å². The topological polar surface area (TPSA) is 63.3 Å². The van der Waals surface area contributed by atoms with E-state index in [1.807, 2.05) is 0 Å². The number of carbonyl (C=O) groups is 1. The molecule has 3 heteroatoms. The van der Waals surface area contributed by atoms with Crippen LogP contribution in [0.3, 0.4) is 0 Å². The number of nitrogen functional groups attached to an aromatic ring is 1. The summed E-state index contributed by atoms with van der Waals surface area (Å²) in [6.45, 7) is 3.45. The molecule has 1 aromatic carbocycles. The van der Waals surface area contributed by atoms with E-state index in [0.717, 1.165) is 0 Å². The van der Waals surface area contributed by atoms with Gasteiger partial charge in [-0.1, -0.05) is 6.92 Å². The van der Waals surface area contributed by atoms with E-state index in [1.54, 1.807) is 26.0 Å². The molecule has 0 aromatic heterocycles. The molecule has 0 heterocycles. The highest BCUT2D eigenvalue weighted by atomic mass is 16.3. The average Bonchev–Trinajstić information content (AvgIpc) is 2.13. The Morgan fingerprint density at radius 1 is 1.54 bits per heavy atom. The summed E-state index contributed by atoms with van der Waals surface area (Å²) in [5, 5.41) is 9.58. The number of nitrogens with two attached hydrogens (primary N) is 1. The molecule has 0 bridgehead atoms. The van der Waals surface area contributed by atoms with Crippen molar-refractivity contribution in [3.8, 4) is 5.75 Å². The van der Waals surface area contributed by atoms with Gasteiger partial charge in [0.25, 0.3) is 0 Å². The van der Waals surface area contributed by atoms with Gasteiger partial charge < -0.3 is 10.8 Å². The molecule has 3 nitrogen and oxygen atoms in total. The number of phenolic OH excluding ortho intramolecular Hbond substituents is 1. The number of aromatic hydroxyl groups is 1. The molecule has 0 aliphatic heterocycles. The fourth-order valence-corrected chi connectivity index (χ4v) is 1.13. The molecule has 0 radical (unpaired) electrons. The van der Waals surface area contributed by atoms with Gasteiger partial charge in [-0.2, -0.15) is 0 Å². The van der Waals surface area contributed by atoms with Gasteiger partial charge in [0.2, 0.25) is 0 Å². The summed E-state index contributed by atoms with van der Waals surface area (Å²) >= 11 is 0. The van der Waals surface area contributed by atoms with Crippen LogP contribution >= 0.6 is 0 Å². The fraction of sp³-hybridized carbons (Fsp3) is 0.300. The molecule has 1 rings (SSSR count). The van der Waals surface area contributed by atoms with Crippen LogP contribution in [0.5, 0.6) is 5.75 Å². The third-order valence-electron chi connectivity index (χ3n) is 2.09. The summed E-state index contributed by atoms with van der Waals surface area (Å²) in [6.07, 6.45) is 0.386. The molecule has 0 aliphatic rings. The molecule has 13 heavy (non-hydrogen) atoms. The third-order valence-corrected chi connectivity index (χ3v) is 2.09. The summed E-state index contributed by atoms with van der Waals surface area (Å²) in [6, 6.07) is 3.20. The van der Waals surface area contributed by atoms with E-state index >= 15 is 0 Å². The van der Waals surface area contributed by atoms with Crippen molar-refractivity contribution in [1.29, 1.82) is 0 Å². The number of hydrogen-bond acceptors (Lipinski definition) is 3. The smallest absolute Gasteiger partial charge is 0.166 e. The van der Waals surface area contributed by atoms with Gasteiger partial charge in [-0.3, -0.25) is 4.79 Å². The van der Waals surface area contributed by atoms with Crippen LogP contribution in [0.15, 0.2) is 12.1 Å². The van der Waals surface area contributed by atoms with E-state index in [2.05, 4.69) is 0 Å². The lowest BCUT2D eigenvalue weighted by Gasteiger charge is -2.07. The molecule has 3 N–H and O–H groups in total. The Morgan fingerprint density at radius 2 is 2.15 bits per heavy atom. The van der Waals surface area contributed by atoms with Crippen LogP contribution in [-0.2, 0) is 0 Å². The molecule has 0 aliphatic carbocycles. The van der Waals surface area contributed by atoms with Crippen molar-refractivity contribution < 1.29 is 9.90 Å². The molecule has 1 aromatic rings. The van der Waals surface area contributed by atoms with E-state index in [4.69, 9.17) is 5.73 Å². The van der Waals surface area contributed by atoms with Gasteiger partial charge in [-0.25, -0.2) is 0 Å². The number of benzene rings is 1.